The predicted molar refractivity (Wildman–Crippen MR) is 128 cm³/mol. The Morgan fingerprint density at radius 1 is 1.03 bits per heavy atom. The van der Waals surface area contributed by atoms with Crippen LogP contribution in [-0.4, -0.2) is 41.9 Å². The van der Waals surface area contributed by atoms with E-state index in [4.69, 9.17) is 24.3 Å². The van der Waals surface area contributed by atoms with Gasteiger partial charge in [0.2, 0.25) is 11.7 Å². The Morgan fingerprint density at radius 3 is 2.29 bits per heavy atom. The number of carbonyl (C=O) groups excluding carboxylic acids is 1. The zero-order valence-electron chi connectivity index (χ0n) is 20.3. The lowest BCUT2D eigenvalue weighted by Gasteiger charge is -2.38. The van der Waals surface area contributed by atoms with Crippen LogP contribution in [0.15, 0.2) is 47.7 Å². The molecule has 2 aromatic carbocycles. The van der Waals surface area contributed by atoms with Crippen molar-refractivity contribution in [2.45, 2.75) is 32.7 Å². The Kier molecular flexibility index (Phi) is 5.50. The number of hydrogen-bond acceptors (Lipinski definition) is 7. The summed E-state index contributed by atoms with van der Waals surface area (Å²) in [4.78, 5) is 18.1. The molecule has 182 valence electrons. The number of benzene rings is 2. The molecule has 1 aliphatic heterocycles. The third-order valence-electron chi connectivity index (χ3n) is 6.44. The van der Waals surface area contributed by atoms with Crippen LogP contribution in [0.3, 0.4) is 0 Å². The minimum Gasteiger partial charge on any atom is -0.493 e. The van der Waals surface area contributed by atoms with Crippen LogP contribution in [0.1, 0.15) is 38.3 Å². The summed E-state index contributed by atoms with van der Waals surface area (Å²) in [5.41, 5.74) is 2.71. The van der Waals surface area contributed by atoms with Crippen molar-refractivity contribution in [3.05, 3.63) is 59.0 Å². The van der Waals surface area contributed by atoms with E-state index in [1.165, 1.54) is 12.1 Å². The van der Waals surface area contributed by atoms with Gasteiger partial charge in [0.1, 0.15) is 11.9 Å². The molecule has 0 saturated heterocycles. The molecule has 9 heteroatoms. The molecule has 1 aliphatic carbocycles. The Bertz CT molecular complexity index is 1320. The molecule has 0 radical (unpaired) electrons. The van der Waals surface area contributed by atoms with E-state index in [2.05, 4.69) is 19.2 Å². The highest BCUT2D eigenvalue weighted by atomic mass is 19.1. The van der Waals surface area contributed by atoms with Crippen molar-refractivity contribution in [3.8, 4) is 28.6 Å². The maximum atomic E-state index is 13.7. The van der Waals surface area contributed by atoms with E-state index in [1.54, 1.807) is 50.3 Å². The molecule has 5 rings (SSSR count). The van der Waals surface area contributed by atoms with Gasteiger partial charge in [-0.1, -0.05) is 26.0 Å². The molecule has 0 saturated carbocycles. The van der Waals surface area contributed by atoms with E-state index in [-0.39, 0.29) is 17.0 Å². The van der Waals surface area contributed by atoms with Gasteiger partial charge >= 0.3 is 0 Å². The summed E-state index contributed by atoms with van der Waals surface area (Å²) in [7, 11) is 4.63. The molecule has 8 nitrogen and oxygen atoms in total. The second kappa shape index (κ2) is 8.41. The van der Waals surface area contributed by atoms with Crippen LogP contribution < -0.4 is 19.5 Å². The first-order chi connectivity index (χ1) is 16.7. The lowest BCUT2D eigenvalue weighted by Crippen LogP contribution is -2.36. The van der Waals surface area contributed by atoms with E-state index in [9.17, 15) is 9.18 Å². The molecule has 1 atom stereocenters. The average molecular weight is 479 g/mol. The number of nitrogens with zero attached hydrogens (tertiary/aromatic N) is 3. The van der Waals surface area contributed by atoms with Crippen molar-refractivity contribution in [1.82, 2.24) is 14.8 Å². The summed E-state index contributed by atoms with van der Waals surface area (Å²) in [6.45, 7) is 4.15. The third-order valence-corrected chi connectivity index (χ3v) is 6.44. The first-order valence-electron chi connectivity index (χ1n) is 11.3. The number of fused-ring (bicyclic) bond motifs is 1. The highest BCUT2D eigenvalue weighted by Gasteiger charge is 2.42. The van der Waals surface area contributed by atoms with Crippen LogP contribution in [0, 0.1) is 11.2 Å². The molecule has 2 heterocycles. The molecule has 35 heavy (non-hydrogen) atoms. The smallest absolute Gasteiger partial charge is 0.226 e. The van der Waals surface area contributed by atoms with E-state index in [1.807, 2.05) is 0 Å². The second-order valence-electron chi connectivity index (χ2n) is 9.53. The van der Waals surface area contributed by atoms with Gasteiger partial charge in [-0.05, 0) is 41.7 Å². The van der Waals surface area contributed by atoms with Crippen molar-refractivity contribution in [2.24, 2.45) is 5.41 Å². The number of anilines is 1. The number of nitrogens with one attached hydrogen (secondary N) is 1. The van der Waals surface area contributed by atoms with Crippen molar-refractivity contribution in [1.29, 1.82) is 0 Å². The van der Waals surface area contributed by atoms with E-state index in [0.717, 1.165) is 11.3 Å². The Morgan fingerprint density at radius 2 is 1.69 bits per heavy atom. The molecule has 1 N–H and O–H groups in total. The molecule has 0 fully saturated rings. The number of ketones is 1. The van der Waals surface area contributed by atoms with Gasteiger partial charge in [-0.3, -0.25) is 4.79 Å². The van der Waals surface area contributed by atoms with Crippen molar-refractivity contribution < 1.29 is 23.4 Å². The summed E-state index contributed by atoms with van der Waals surface area (Å²) < 4.78 is 31.8. The van der Waals surface area contributed by atoms with Gasteiger partial charge in [-0.15, -0.1) is 5.10 Å². The fourth-order valence-electron chi connectivity index (χ4n) is 4.89. The summed E-state index contributed by atoms with van der Waals surface area (Å²) in [5.74, 6) is 2.06. The van der Waals surface area contributed by atoms with Crippen molar-refractivity contribution >= 4 is 11.7 Å². The van der Waals surface area contributed by atoms with Crippen LogP contribution in [-0.2, 0) is 4.79 Å². The third kappa shape index (κ3) is 3.90. The maximum absolute atomic E-state index is 13.7. The fourth-order valence-corrected chi connectivity index (χ4v) is 4.89. The summed E-state index contributed by atoms with van der Waals surface area (Å²) >= 11 is 0. The number of hydrogen-bond donors (Lipinski definition) is 1. The normalized spacial score (nSPS) is 18.5. The SMILES string of the molecule is COc1cc(-c2nc3n(n2)[C@@H](c2ccc(F)cc2)C2=C(CC(C)(C)CC2=O)N3)cc(OC)c1OC. The van der Waals surface area contributed by atoms with Crippen LogP contribution in [0.4, 0.5) is 10.3 Å². The van der Waals surface area contributed by atoms with Crippen molar-refractivity contribution in [2.75, 3.05) is 26.6 Å². The molecule has 0 amide bonds. The highest BCUT2D eigenvalue weighted by Crippen LogP contribution is 2.46. The van der Waals surface area contributed by atoms with Gasteiger partial charge in [0.05, 0.1) is 21.3 Å². The summed E-state index contributed by atoms with van der Waals surface area (Å²) in [5, 5.41) is 8.13. The Hall–Kier alpha value is -3.88. The van der Waals surface area contributed by atoms with Crippen LogP contribution in [0.2, 0.25) is 0 Å². The monoisotopic (exact) mass is 478 g/mol. The Balaban J connectivity index is 1.67. The van der Waals surface area contributed by atoms with Gasteiger partial charge in [0.15, 0.2) is 23.1 Å². The standard InChI is InChI=1S/C26H27FN4O4/c1-26(2)12-17-21(18(32)13-26)22(14-6-8-16(27)9-7-14)31-25(28-17)29-24(30-31)15-10-19(33-3)23(35-5)20(11-15)34-4/h6-11,22H,12-13H2,1-5H3,(H,28,29,30)/t22-/m0/s1. The minimum absolute atomic E-state index is 0.0496. The number of halogens is 1. The number of Topliss-reactive ketones (excluding diaryl/α,β-unsaturated/α-hetero) is 1. The quantitative estimate of drug-likeness (QED) is 0.565. The molecule has 2 aliphatic rings. The first-order valence-corrected chi connectivity index (χ1v) is 11.3. The first kappa shape index (κ1) is 22.9. The topological polar surface area (TPSA) is 87.5 Å². The number of ether oxygens (including phenoxy) is 3. The Labute approximate surface area is 202 Å². The van der Waals surface area contributed by atoms with Gasteiger partial charge < -0.3 is 19.5 Å². The van der Waals surface area contributed by atoms with Gasteiger partial charge in [0, 0.05) is 23.3 Å². The van der Waals surface area contributed by atoms with Gasteiger partial charge in [0.25, 0.3) is 0 Å². The summed E-state index contributed by atoms with van der Waals surface area (Å²) in [6, 6.07) is 9.20. The average Bonchev–Trinajstić information content (AvgIpc) is 3.25. The molecule has 0 unspecified atom stereocenters. The molecule has 3 aromatic rings. The van der Waals surface area contributed by atoms with Crippen LogP contribution in [0.25, 0.3) is 11.4 Å². The molecular weight excluding hydrogens is 451 g/mol. The fraction of sp³-hybridized carbons (Fsp3) is 0.346. The van der Waals surface area contributed by atoms with Gasteiger partial charge in [-0.2, -0.15) is 4.98 Å². The van der Waals surface area contributed by atoms with Crippen molar-refractivity contribution in [3.63, 3.8) is 0 Å². The van der Waals surface area contributed by atoms with E-state index in [0.29, 0.717) is 53.0 Å². The highest BCUT2D eigenvalue weighted by molar-refractivity contribution is 6.00. The number of methoxy groups -OCH3 is 3. The van der Waals surface area contributed by atoms with Crippen LogP contribution in [0.5, 0.6) is 17.2 Å². The largest absolute Gasteiger partial charge is 0.493 e. The molecule has 0 spiro atoms. The zero-order chi connectivity index (χ0) is 24.9. The van der Waals surface area contributed by atoms with Crippen LogP contribution >= 0.6 is 0 Å². The van der Waals surface area contributed by atoms with E-state index >= 15 is 0 Å². The predicted octanol–water partition coefficient (Wildman–Crippen LogP) is 4.77. The number of allylic oxidation sites excluding steroid dienone is 2. The van der Waals surface area contributed by atoms with Gasteiger partial charge in [-0.25, -0.2) is 9.07 Å². The molecule has 0 bridgehead atoms. The zero-order valence-corrected chi connectivity index (χ0v) is 20.3. The number of carbonyl (C=O) groups is 1. The molecule has 1 aromatic heterocycles. The second-order valence-corrected chi connectivity index (χ2v) is 9.53. The summed E-state index contributed by atoms with van der Waals surface area (Å²) in [6.07, 6.45) is 1.12. The number of rotatable bonds is 5. The maximum Gasteiger partial charge on any atom is 0.226 e. The van der Waals surface area contributed by atoms with E-state index < -0.39 is 6.04 Å². The lowest BCUT2D eigenvalue weighted by atomic mass is 9.73. The number of aromatic nitrogens is 3. The minimum atomic E-state index is -0.520. The lowest BCUT2D eigenvalue weighted by molar-refractivity contribution is -0.118. The molecular formula is C26H27FN4O4.